The molecule has 2 aliphatic rings. The molecule has 0 saturated carbocycles. The molecule has 142 valence electrons. The molecule has 0 bridgehead atoms. The number of pyridine rings is 1. The van der Waals surface area contributed by atoms with E-state index in [-0.39, 0.29) is 23.4 Å². The first-order chi connectivity index (χ1) is 13.6. The van der Waals surface area contributed by atoms with Gasteiger partial charge in [0.05, 0.1) is 12.1 Å². The number of nitrogens with one attached hydrogen (secondary N) is 1. The zero-order chi connectivity index (χ0) is 19.3. The highest BCUT2D eigenvalue weighted by molar-refractivity contribution is 5.98. The SMILES string of the molecule is Cc1nc(CNC(=O)c2cn3c4c(cccc4c2=O)CC3)nc2c1CCCC2. The summed E-state index contributed by atoms with van der Waals surface area (Å²) < 4.78 is 2.01. The van der Waals surface area contributed by atoms with Gasteiger partial charge in [-0.1, -0.05) is 12.1 Å². The molecule has 0 spiro atoms. The smallest absolute Gasteiger partial charge is 0.257 e. The van der Waals surface area contributed by atoms with Crippen LogP contribution in [0.5, 0.6) is 0 Å². The van der Waals surface area contributed by atoms with Crippen LogP contribution >= 0.6 is 0 Å². The number of hydrogen-bond acceptors (Lipinski definition) is 4. The maximum absolute atomic E-state index is 12.9. The van der Waals surface area contributed by atoms with Crippen molar-refractivity contribution in [1.29, 1.82) is 0 Å². The van der Waals surface area contributed by atoms with E-state index in [2.05, 4.69) is 15.3 Å². The first-order valence-electron chi connectivity index (χ1n) is 9.90. The van der Waals surface area contributed by atoms with Gasteiger partial charge in [0.25, 0.3) is 5.91 Å². The predicted molar refractivity (Wildman–Crippen MR) is 106 cm³/mol. The molecule has 0 fully saturated rings. The number of aromatic nitrogens is 3. The lowest BCUT2D eigenvalue weighted by atomic mass is 9.95. The Bertz CT molecular complexity index is 1180. The third-order valence-corrected chi connectivity index (χ3v) is 5.89. The molecule has 1 amide bonds. The van der Waals surface area contributed by atoms with E-state index in [1.54, 1.807) is 12.3 Å². The van der Waals surface area contributed by atoms with Gasteiger partial charge in [-0.15, -0.1) is 0 Å². The molecular weight excluding hydrogens is 352 g/mol. The summed E-state index contributed by atoms with van der Waals surface area (Å²) in [6.45, 7) is 3.03. The Hall–Kier alpha value is -3.02. The normalized spacial score (nSPS) is 14.9. The first kappa shape index (κ1) is 17.1. The van der Waals surface area contributed by atoms with Crippen LogP contribution in [-0.4, -0.2) is 20.4 Å². The molecular formula is C22H22N4O2. The topological polar surface area (TPSA) is 76.9 Å². The quantitative estimate of drug-likeness (QED) is 0.764. The Morgan fingerprint density at radius 1 is 1.18 bits per heavy atom. The van der Waals surface area contributed by atoms with Crippen molar-refractivity contribution in [2.75, 3.05) is 0 Å². The Morgan fingerprint density at radius 2 is 2.04 bits per heavy atom. The number of aryl methyl sites for hydroxylation is 4. The fourth-order valence-corrected chi connectivity index (χ4v) is 4.50. The lowest BCUT2D eigenvalue weighted by Crippen LogP contribution is -2.30. The van der Waals surface area contributed by atoms with Crippen LogP contribution in [0.1, 0.15) is 51.5 Å². The van der Waals surface area contributed by atoms with Crippen LogP contribution in [0.4, 0.5) is 0 Å². The molecule has 1 N–H and O–H groups in total. The molecule has 0 unspecified atom stereocenters. The van der Waals surface area contributed by atoms with Crippen LogP contribution in [0.25, 0.3) is 10.9 Å². The van der Waals surface area contributed by atoms with E-state index in [0.717, 1.165) is 49.1 Å². The van der Waals surface area contributed by atoms with Crippen molar-refractivity contribution >= 4 is 16.8 Å². The van der Waals surface area contributed by atoms with Crippen molar-refractivity contribution in [3.63, 3.8) is 0 Å². The Kier molecular flexibility index (Phi) is 4.00. The summed E-state index contributed by atoms with van der Waals surface area (Å²) in [6, 6.07) is 5.73. The second-order valence-electron chi connectivity index (χ2n) is 7.67. The number of nitrogens with zero attached hydrogens (tertiary/aromatic N) is 3. The monoisotopic (exact) mass is 374 g/mol. The van der Waals surface area contributed by atoms with Crippen LogP contribution in [-0.2, 0) is 32.4 Å². The van der Waals surface area contributed by atoms with Crippen LogP contribution < -0.4 is 10.7 Å². The van der Waals surface area contributed by atoms with E-state index in [0.29, 0.717) is 11.2 Å². The van der Waals surface area contributed by atoms with E-state index in [1.165, 1.54) is 17.5 Å². The molecule has 1 aromatic carbocycles. The average molecular weight is 374 g/mol. The van der Waals surface area contributed by atoms with Gasteiger partial charge in [0, 0.05) is 29.5 Å². The molecule has 3 aromatic rings. The van der Waals surface area contributed by atoms with Gasteiger partial charge in [-0.3, -0.25) is 9.59 Å². The van der Waals surface area contributed by atoms with E-state index >= 15 is 0 Å². The number of rotatable bonds is 3. The number of fused-ring (bicyclic) bond motifs is 1. The van der Waals surface area contributed by atoms with E-state index in [4.69, 9.17) is 0 Å². The third-order valence-electron chi connectivity index (χ3n) is 5.89. The molecule has 28 heavy (non-hydrogen) atoms. The fraction of sp³-hybridized carbons (Fsp3) is 0.364. The van der Waals surface area contributed by atoms with Crippen molar-refractivity contribution in [2.45, 2.75) is 52.1 Å². The van der Waals surface area contributed by atoms with Gasteiger partial charge in [-0.25, -0.2) is 9.97 Å². The summed E-state index contributed by atoms with van der Waals surface area (Å²) in [5.41, 5.74) is 5.45. The van der Waals surface area contributed by atoms with Crippen molar-refractivity contribution in [3.05, 3.63) is 68.5 Å². The number of para-hydroxylation sites is 1. The van der Waals surface area contributed by atoms with Crippen molar-refractivity contribution in [2.24, 2.45) is 0 Å². The van der Waals surface area contributed by atoms with Gasteiger partial charge >= 0.3 is 0 Å². The number of carbonyl (C=O) groups is 1. The highest BCUT2D eigenvalue weighted by Crippen LogP contribution is 2.24. The summed E-state index contributed by atoms with van der Waals surface area (Å²) in [6.07, 6.45) is 6.92. The highest BCUT2D eigenvalue weighted by atomic mass is 16.2. The molecule has 0 atom stereocenters. The molecule has 3 heterocycles. The lowest BCUT2D eigenvalue weighted by molar-refractivity contribution is 0.0948. The molecule has 0 saturated heterocycles. The first-order valence-corrected chi connectivity index (χ1v) is 9.90. The van der Waals surface area contributed by atoms with E-state index in [1.807, 2.05) is 23.6 Å². The summed E-state index contributed by atoms with van der Waals surface area (Å²) >= 11 is 0. The number of carbonyl (C=O) groups excluding carboxylic acids is 1. The highest BCUT2D eigenvalue weighted by Gasteiger charge is 2.21. The maximum Gasteiger partial charge on any atom is 0.257 e. The Labute approximate surface area is 162 Å². The molecule has 6 nitrogen and oxygen atoms in total. The second kappa shape index (κ2) is 6.55. The Morgan fingerprint density at radius 3 is 2.93 bits per heavy atom. The van der Waals surface area contributed by atoms with Gasteiger partial charge < -0.3 is 9.88 Å². The minimum atomic E-state index is -0.369. The summed E-state index contributed by atoms with van der Waals surface area (Å²) in [5.74, 6) is 0.242. The van der Waals surface area contributed by atoms with Gasteiger partial charge in [-0.05, 0) is 56.2 Å². The zero-order valence-electron chi connectivity index (χ0n) is 15.9. The largest absolute Gasteiger partial charge is 0.346 e. The molecule has 2 aromatic heterocycles. The van der Waals surface area contributed by atoms with Crippen LogP contribution in [0, 0.1) is 6.92 Å². The lowest BCUT2D eigenvalue weighted by Gasteiger charge is -2.17. The third kappa shape index (κ3) is 2.71. The van der Waals surface area contributed by atoms with Crippen LogP contribution in [0.2, 0.25) is 0 Å². The average Bonchev–Trinajstić information content (AvgIpc) is 3.13. The number of hydrogen-bond donors (Lipinski definition) is 1. The van der Waals surface area contributed by atoms with Crippen molar-refractivity contribution in [1.82, 2.24) is 19.9 Å². The summed E-state index contributed by atoms with van der Waals surface area (Å²) in [7, 11) is 0. The van der Waals surface area contributed by atoms with Gasteiger partial charge in [0.2, 0.25) is 5.43 Å². The standard InChI is InChI=1S/C22H22N4O2/c1-13-15-6-2-3-8-18(15)25-19(24-13)11-23-22(28)17-12-26-10-9-14-5-4-7-16(20(14)26)21(17)27/h4-5,7,12H,2-3,6,8-11H2,1H3,(H,23,28). The van der Waals surface area contributed by atoms with Gasteiger partial charge in [0.1, 0.15) is 11.4 Å². The van der Waals surface area contributed by atoms with Crippen molar-refractivity contribution < 1.29 is 4.79 Å². The predicted octanol–water partition coefficient (Wildman–Crippen LogP) is 2.46. The molecule has 5 rings (SSSR count). The fourth-order valence-electron chi connectivity index (χ4n) is 4.50. The molecule has 1 aliphatic heterocycles. The summed E-state index contributed by atoms with van der Waals surface area (Å²) in [4.78, 5) is 34.8. The minimum Gasteiger partial charge on any atom is -0.346 e. The van der Waals surface area contributed by atoms with Gasteiger partial charge in [-0.2, -0.15) is 0 Å². The summed E-state index contributed by atoms with van der Waals surface area (Å²) in [5, 5.41) is 3.46. The second-order valence-corrected chi connectivity index (χ2v) is 7.67. The van der Waals surface area contributed by atoms with E-state index < -0.39 is 0 Å². The number of amides is 1. The molecule has 6 heteroatoms. The molecule has 1 aliphatic carbocycles. The molecule has 0 radical (unpaired) electrons. The van der Waals surface area contributed by atoms with Crippen LogP contribution in [0.3, 0.4) is 0 Å². The number of benzene rings is 1. The Balaban J connectivity index is 1.42. The maximum atomic E-state index is 12.9. The minimum absolute atomic E-state index is 0.182. The van der Waals surface area contributed by atoms with Crippen LogP contribution in [0.15, 0.2) is 29.2 Å². The van der Waals surface area contributed by atoms with Gasteiger partial charge in [0.15, 0.2) is 0 Å². The zero-order valence-corrected chi connectivity index (χ0v) is 15.9. The van der Waals surface area contributed by atoms with E-state index in [9.17, 15) is 9.59 Å². The van der Waals surface area contributed by atoms with Crippen molar-refractivity contribution in [3.8, 4) is 0 Å².